The molecule has 0 saturated heterocycles. The lowest BCUT2D eigenvalue weighted by atomic mass is 10.0. The van der Waals surface area contributed by atoms with Crippen LogP contribution >= 0.6 is 0 Å². The van der Waals surface area contributed by atoms with Gasteiger partial charge in [0.1, 0.15) is 5.75 Å². The highest BCUT2D eigenvalue weighted by Crippen LogP contribution is 2.35. The van der Waals surface area contributed by atoms with Crippen molar-refractivity contribution in [3.8, 4) is 28.3 Å². The van der Waals surface area contributed by atoms with E-state index in [2.05, 4.69) is 105 Å². The molecule has 4 aromatic heterocycles. The first-order valence-electron chi connectivity index (χ1n) is 14.0. The molecule has 0 radical (unpaired) electrons. The predicted octanol–water partition coefficient (Wildman–Crippen LogP) is 8.43. The predicted molar refractivity (Wildman–Crippen MR) is 172 cm³/mol. The topological polar surface area (TPSA) is 61.9 Å². The fourth-order valence-electron chi connectivity index (χ4n) is 6.04. The van der Waals surface area contributed by atoms with Crippen LogP contribution in [0.3, 0.4) is 0 Å². The second kappa shape index (κ2) is 9.82. The molecule has 0 N–H and O–H groups in total. The van der Waals surface area contributed by atoms with E-state index in [4.69, 9.17) is 4.74 Å². The number of ether oxygens (including phenoxy) is 1. The molecule has 0 aliphatic heterocycles. The summed E-state index contributed by atoms with van der Waals surface area (Å²) in [4.78, 5) is 20.5. The van der Waals surface area contributed by atoms with Crippen molar-refractivity contribution in [1.82, 2.24) is 19.1 Å². The molecule has 6 nitrogen and oxygen atoms in total. The third-order valence-corrected chi connectivity index (χ3v) is 7.98. The molecule has 4 aromatic carbocycles. The Hall–Kier alpha value is -6.01. The Labute approximate surface area is 246 Å². The highest BCUT2D eigenvalue weighted by Gasteiger charge is 2.15. The van der Waals surface area contributed by atoms with E-state index in [-0.39, 0.29) is 0 Å². The number of pyridine rings is 2. The van der Waals surface area contributed by atoms with E-state index < -0.39 is 5.97 Å². The Morgan fingerprint density at radius 2 is 1.14 bits per heavy atom. The zero-order chi connectivity index (χ0) is 28.9. The summed E-state index contributed by atoms with van der Waals surface area (Å²) in [7, 11) is 0. The van der Waals surface area contributed by atoms with Crippen LogP contribution in [0.15, 0.2) is 141 Å². The lowest BCUT2D eigenvalue weighted by molar-refractivity contribution is -0.128. The summed E-state index contributed by atoms with van der Waals surface area (Å²) >= 11 is 0. The molecule has 6 heteroatoms. The van der Waals surface area contributed by atoms with Crippen molar-refractivity contribution < 1.29 is 9.53 Å². The Bertz CT molecular complexity index is 2290. The minimum atomic E-state index is -0.489. The molecule has 0 atom stereocenters. The van der Waals surface area contributed by atoms with Crippen molar-refractivity contribution in [3.05, 3.63) is 141 Å². The maximum absolute atomic E-state index is 11.8. The average molecular weight is 557 g/mol. The van der Waals surface area contributed by atoms with Crippen molar-refractivity contribution in [3.63, 3.8) is 0 Å². The van der Waals surface area contributed by atoms with Gasteiger partial charge in [0.25, 0.3) is 0 Å². The van der Waals surface area contributed by atoms with Crippen LogP contribution in [0.1, 0.15) is 0 Å². The van der Waals surface area contributed by atoms with E-state index in [1.165, 1.54) is 5.39 Å². The number of hydrogen-bond donors (Lipinski definition) is 0. The monoisotopic (exact) mass is 556 g/mol. The van der Waals surface area contributed by atoms with Crippen LogP contribution in [0, 0.1) is 0 Å². The van der Waals surface area contributed by atoms with Gasteiger partial charge in [0.05, 0.1) is 22.1 Å². The molecule has 204 valence electrons. The van der Waals surface area contributed by atoms with E-state index in [1.807, 2.05) is 36.8 Å². The Balaban J connectivity index is 1.17. The van der Waals surface area contributed by atoms with Crippen molar-refractivity contribution >= 4 is 49.6 Å². The molecule has 0 amide bonds. The van der Waals surface area contributed by atoms with Gasteiger partial charge in [-0.3, -0.25) is 9.97 Å². The Morgan fingerprint density at radius 1 is 0.605 bits per heavy atom. The van der Waals surface area contributed by atoms with Crippen molar-refractivity contribution in [2.24, 2.45) is 0 Å². The summed E-state index contributed by atoms with van der Waals surface area (Å²) < 4.78 is 9.88. The van der Waals surface area contributed by atoms with E-state index >= 15 is 0 Å². The van der Waals surface area contributed by atoms with Crippen molar-refractivity contribution in [2.75, 3.05) is 0 Å². The molecule has 0 bridgehead atoms. The number of fused-ring (bicyclic) bond motifs is 6. The van der Waals surface area contributed by atoms with Crippen molar-refractivity contribution in [2.45, 2.75) is 0 Å². The van der Waals surface area contributed by atoms with Gasteiger partial charge >= 0.3 is 5.97 Å². The molecule has 0 spiro atoms. The smallest absolute Gasteiger partial charge is 0.335 e. The number of carbonyl (C=O) groups is 1. The summed E-state index contributed by atoms with van der Waals surface area (Å²) in [6.45, 7) is 3.49. The van der Waals surface area contributed by atoms with Gasteiger partial charge in [0, 0.05) is 63.8 Å². The fourth-order valence-corrected chi connectivity index (χ4v) is 6.04. The molecular weight excluding hydrogens is 532 g/mol. The van der Waals surface area contributed by atoms with Gasteiger partial charge < -0.3 is 13.9 Å². The van der Waals surface area contributed by atoms with Crippen LogP contribution < -0.4 is 4.74 Å². The Kier molecular flexibility index (Phi) is 5.65. The summed E-state index contributed by atoms with van der Waals surface area (Å²) in [5.41, 5.74) is 8.72. The number of aromatic nitrogens is 4. The second-order valence-corrected chi connectivity index (χ2v) is 10.4. The lowest BCUT2D eigenvalue weighted by Gasteiger charge is -2.11. The van der Waals surface area contributed by atoms with Crippen LogP contribution in [0.25, 0.3) is 66.1 Å². The Morgan fingerprint density at radius 3 is 1.74 bits per heavy atom. The molecule has 0 aliphatic rings. The minimum Gasteiger partial charge on any atom is -0.423 e. The third-order valence-electron chi connectivity index (χ3n) is 7.98. The number of carbonyl (C=O) groups excluding carboxylic acids is 1. The summed E-state index contributed by atoms with van der Waals surface area (Å²) in [5, 5.41) is 4.28. The standard InChI is InChI=1S/C37H24N4O2/c1-2-37(42)43-28-15-16-34-30(21-28)32-23-39-20-18-36(32)41(34)27-13-9-25(10-14-27)24-7-11-26(12-8-24)40-33-6-4-3-5-29(33)31-22-38-19-17-35(31)40/h2-23H,1H2. The number of para-hydroxylation sites is 1. The highest BCUT2D eigenvalue weighted by atomic mass is 16.5. The van der Waals surface area contributed by atoms with Crippen LogP contribution in [-0.4, -0.2) is 25.1 Å². The van der Waals surface area contributed by atoms with E-state index in [1.54, 1.807) is 12.3 Å². The number of esters is 1. The van der Waals surface area contributed by atoms with Gasteiger partial charge in [0.15, 0.2) is 0 Å². The van der Waals surface area contributed by atoms with Gasteiger partial charge in [-0.1, -0.05) is 49.0 Å². The van der Waals surface area contributed by atoms with Gasteiger partial charge in [-0.05, 0) is 71.8 Å². The lowest BCUT2D eigenvalue weighted by Crippen LogP contribution is -2.02. The van der Waals surface area contributed by atoms with Crippen LogP contribution in [0.5, 0.6) is 5.75 Å². The molecule has 43 heavy (non-hydrogen) atoms. The van der Waals surface area contributed by atoms with Gasteiger partial charge in [-0.25, -0.2) is 4.79 Å². The zero-order valence-electron chi connectivity index (χ0n) is 23.0. The first kappa shape index (κ1) is 24.8. The minimum absolute atomic E-state index is 0.469. The average Bonchev–Trinajstić information content (AvgIpc) is 3.58. The SMILES string of the molecule is C=CC(=O)Oc1ccc2c(c1)c1cnccc1n2-c1ccc(-c2ccc(-n3c4ccccc4c4cnccc43)cc2)cc1. The maximum Gasteiger partial charge on any atom is 0.335 e. The number of rotatable bonds is 5. The van der Waals surface area contributed by atoms with Gasteiger partial charge in [-0.15, -0.1) is 0 Å². The molecule has 4 heterocycles. The third kappa shape index (κ3) is 4.00. The first-order chi connectivity index (χ1) is 21.2. The van der Waals surface area contributed by atoms with E-state index in [0.717, 1.165) is 66.8 Å². The number of nitrogens with zero attached hydrogens (tertiary/aromatic N) is 4. The van der Waals surface area contributed by atoms with Gasteiger partial charge in [-0.2, -0.15) is 0 Å². The first-order valence-corrected chi connectivity index (χ1v) is 14.0. The molecular formula is C37H24N4O2. The molecule has 8 aromatic rings. The van der Waals surface area contributed by atoms with E-state index in [0.29, 0.717) is 5.75 Å². The van der Waals surface area contributed by atoms with Crippen molar-refractivity contribution in [1.29, 1.82) is 0 Å². The highest BCUT2D eigenvalue weighted by molar-refractivity contribution is 6.10. The van der Waals surface area contributed by atoms with Crippen LogP contribution in [0.4, 0.5) is 0 Å². The van der Waals surface area contributed by atoms with Gasteiger partial charge in [0.2, 0.25) is 0 Å². The number of hydrogen-bond acceptors (Lipinski definition) is 4. The molecule has 0 fully saturated rings. The largest absolute Gasteiger partial charge is 0.423 e. The van der Waals surface area contributed by atoms with E-state index in [9.17, 15) is 4.79 Å². The van der Waals surface area contributed by atoms with Crippen LogP contribution in [0.2, 0.25) is 0 Å². The second-order valence-electron chi connectivity index (χ2n) is 10.4. The summed E-state index contributed by atoms with van der Waals surface area (Å²) in [5.74, 6) is -0.0196. The summed E-state index contributed by atoms with van der Waals surface area (Å²) in [6, 6.07) is 35.4. The quantitative estimate of drug-likeness (QED) is 0.121. The normalized spacial score (nSPS) is 11.4. The fraction of sp³-hybridized carbons (Fsp3) is 0. The molecule has 8 rings (SSSR count). The summed E-state index contributed by atoms with van der Waals surface area (Å²) in [6.07, 6.45) is 8.58. The molecule has 0 unspecified atom stereocenters. The molecule has 0 aliphatic carbocycles. The molecule has 0 saturated carbocycles. The number of benzene rings is 4. The zero-order valence-corrected chi connectivity index (χ0v) is 23.0. The van der Waals surface area contributed by atoms with Crippen LogP contribution in [-0.2, 0) is 4.79 Å². The maximum atomic E-state index is 11.8.